The predicted octanol–water partition coefficient (Wildman–Crippen LogP) is 2.59. The standard InChI is InChI=1S/C27H34ClN5O10/c1-9-27(42-15(4)34)12-17(41-16(27)13-40-19(22(35)38-10-2)23(36)39-11-3)33-14-29-18-20(30-24(28)31-21(18)33)32(8)25(37)43-26(5,6)7/h1,14,16-17,19H,10-13H2,2-8H3/t16-,17-,27+/m1/s1. The molecule has 1 aliphatic rings. The lowest BCUT2D eigenvalue weighted by Gasteiger charge is -2.28. The Morgan fingerprint density at radius 3 is 2.37 bits per heavy atom. The van der Waals surface area contributed by atoms with E-state index >= 15 is 0 Å². The van der Waals surface area contributed by atoms with Gasteiger partial charge >= 0.3 is 24.0 Å². The Morgan fingerprint density at radius 1 is 1.21 bits per heavy atom. The Labute approximate surface area is 253 Å². The van der Waals surface area contributed by atoms with Crippen molar-refractivity contribution in [1.82, 2.24) is 19.5 Å². The van der Waals surface area contributed by atoms with Crippen LogP contribution in [-0.2, 0) is 42.8 Å². The molecule has 1 aliphatic heterocycles. The van der Waals surface area contributed by atoms with Gasteiger partial charge in [0.05, 0.1) is 26.1 Å². The number of nitrogens with zero attached hydrogens (tertiary/aromatic N) is 5. The molecule has 3 rings (SSSR count). The van der Waals surface area contributed by atoms with Crippen molar-refractivity contribution < 1.29 is 47.6 Å². The van der Waals surface area contributed by atoms with E-state index in [-0.39, 0.29) is 41.9 Å². The quantitative estimate of drug-likeness (QED) is 0.124. The van der Waals surface area contributed by atoms with Crippen LogP contribution in [0.1, 0.15) is 54.2 Å². The molecule has 0 unspecified atom stereocenters. The summed E-state index contributed by atoms with van der Waals surface area (Å²) in [4.78, 5) is 63.6. The topological polar surface area (TPSA) is 170 Å². The van der Waals surface area contributed by atoms with Gasteiger partial charge in [0.25, 0.3) is 6.10 Å². The van der Waals surface area contributed by atoms with E-state index in [1.807, 2.05) is 0 Å². The maximum absolute atomic E-state index is 12.7. The molecule has 0 radical (unpaired) electrons. The zero-order valence-electron chi connectivity index (χ0n) is 24.9. The molecule has 3 heterocycles. The Balaban J connectivity index is 1.98. The van der Waals surface area contributed by atoms with Crippen LogP contribution in [0.15, 0.2) is 6.33 Å². The largest absolute Gasteiger partial charge is 0.464 e. The van der Waals surface area contributed by atoms with Gasteiger partial charge in [-0.1, -0.05) is 5.92 Å². The summed E-state index contributed by atoms with van der Waals surface area (Å²) < 4.78 is 34.1. The van der Waals surface area contributed by atoms with Crippen molar-refractivity contribution in [3.63, 3.8) is 0 Å². The smallest absolute Gasteiger partial charge is 0.415 e. The summed E-state index contributed by atoms with van der Waals surface area (Å²) in [7, 11) is 1.44. The van der Waals surface area contributed by atoms with E-state index in [2.05, 4.69) is 20.9 Å². The number of terminal acetylenes is 1. The number of carbonyl (C=O) groups is 4. The van der Waals surface area contributed by atoms with Crippen LogP contribution in [0.3, 0.4) is 0 Å². The van der Waals surface area contributed by atoms with Gasteiger partial charge in [0.15, 0.2) is 17.0 Å². The van der Waals surface area contributed by atoms with E-state index in [0.29, 0.717) is 0 Å². The predicted molar refractivity (Wildman–Crippen MR) is 150 cm³/mol. The molecular weight excluding hydrogens is 590 g/mol. The summed E-state index contributed by atoms with van der Waals surface area (Å²) in [6.07, 6.45) is 2.55. The van der Waals surface area contributed by atoms with E-state index in [9.17, 15) is 19.2 Å². The lowest BCUT2D eigenvalue weighted by atomic mass is 9.95. The van der Waals surface area contributed by atoms with Crippen LogP contribution >= 0.6 is 11.6 Å². The summed E-state index contributed by atoms with van der Waals surface area (Å²) >= 11 is 6.23. The second-order valence-electron chi connectivity index (χ2n) is 10.3. The second-order valence-corrected chi connectivity index (χ2v) is 10.6. The summed E-state index contributed by atoms with van der Waals surface area (Å²) in [6, 6.07) is 0. The van der Waals surface area contributed by atoms with E-state index in [1.165, 1.54) is 24.9 Å². The lowest BCUT2D eigenvalue weighted by molar-refractivity contribution is -0.181. The van der Waals surface area contributed by atoms with Gasteiger partial charge in [0, 0.05) is 20.4 Å². The maximum Gasteiger partial charge on any atom is 0.415 e. The molecule has 0 aliphatic carbocycles. The van der Waals surface area contributed by atoms with E-state index in [1.54, 1.807) is 34.6 Å². The molecule has 1 fully saturated rings. The van der Waals surface area contributed by atoms with Crippen molar-refractivity contribution in [3.8, 4) is 12.3 Å². The molecule has 16 heteroatoms. The van der Waals surface area contributed by atoms with Crippen molar-refractivity contribution in [1.29, 1.82) is 0 Å². The number of imidazole rings is 1. The van der Waals surface area contributed by atoms with Crippen LogP contribution in [-0.4, -0.2) is 93.8 Å². The third-order valence-corrected chi connectivity index (χ3v) is 6.15. The third kappa shape index (κ3) is 7.70. The first-order valence-electron chi connectivity index (χ1n) is 13.3. The number of amides is 1. The summed E-state index contributed by atoms with van der Waals surface area (Å²) in [5, 5.41) is -0.201. The fraction of sp³-hybridized carbons (Fsp3) is 0.593. The average molecular weight is 624 g/mol. The van der Waals surface area contributed by atoms with Crippen LogP contribution in [0, 0.1) is 12.3 Å². The Hall–Kier alpha value is -4.00. The minimum Gasteiger partial charge on any atom is -0.464 e. The fourth-order valence-corrected chi connectivity index (χ4v) is 4.37. The molecule has 0 saturated carbocycles. The van der Waals surface area contributed by atoms with Gasteiger partial charge in [-0.25, -0.2) is 19.4 Å². The monoisotopic (exact) mass is 623 g/mol. The molecule has 2 aromatic rings. The number of hydrogen-bond acceptors (Lipinski definition) is 13. The molecule has 234 valence electrons. The number of carbonyl (C=O) groups excluding carboxylic acids is 4. The molecule has 0 bridgehead atoms. The van der Waals surface area contributed by atoms with Crippen LogP contribution in [0.25, 0.3) is 11.2 Å². The average Bonchev–Trinajstić information content (AvgIpc) is 3.48. The highest BCUT2D eigenvalue weighted by Crippen LogP contribution is 2.41. The highest BCUT2D eigenvalue weighted by Gasteiger charge is 2.52. The second kappa shape index (κ2) is 13.5. The maximum atomic E-state index is 12.7. The van der Waals surface area contributed by atoms with Gasteiger partial charge < -0.3 is 28.4 Å². The highest BCUT2D eigenvalue weighted by atomic mass is 35.5. The normalized spacial score (nSPS) is 20.0. The van der Waals surface area contributed by atoms with Crippen LogP contribution in [0.5, 0.6) is 0 Å². The number of aromatic nitrogens is 4. The minimum absolute atomic E-state index is 0.00886. The Bertz CT molecular complexity index is 1400. The van der Waals surface area contributed by atoms with Gasteiger partial charge in [0.2, 0.25) is 10.9 Å². The van der Waals surface area contributed by atoms with E-state index in [4.69, 9.17) is 46.4 Å². The van der Waals surface area contributed by atoms with Crippen molar-refractivity contribution in [2.75, 3.05) is 31.8 Å². The molecule has 1 saturated heterocycles. The van der Waals surface area contributed by atoms with Crippen molar-refractivity contribution in [2.45, 2.75) is 77.6 Å². The molecule has 0 aromatic carbocycles. The molecule has 43 heavy (non-hydrogen) atoms. The fourth-order valence-electron chi connectivity index (χ4n) is 4.21. The van der Waals surface area contributed by atoms with E-state index in [0.717, 1.165) is 4.90 Å². The number of rotatable bonds is 10. The van der Waals surface area contributed by atoms with Crippen molar-refractivity contribution in [2.24, 2.45) is 0 Å². The molecule has 0 N–H and O–H groups in total. The van der Waals surface area contributed by atoms with Gasteiger partial charge in [-0.3, -0.25) is 14.3 Å². The molecular formula is C27H34ClN5O10. The first kappa shape index (κ1) is 33.5. The lowest BCUT2D eigenvalue weighted by Crippen LogP contribution is -2.46. The van der Waals surface area contributed by atoms with Crippen LogP contribution < -0.4 is 4.90 Å². The van der Waals surface area contributed by atoms with Crippen molar-refractivity contribution in [3.05, 3.63) is 11.6 Å². The molecule has 3 atom stereocenters. The van der Waals surface area contributed by atoms with Crippen LogP contribution in [0.2, 0.25) is 5.28 Å². The Kier molecular flexibility index (Phi) is 10.5. The number of anilines is 1. The number of halogens is 1. The van der Waals surface area contributed by atoms with Gasteiger partial charge in [-0.15, -0.1) is 6.42 Å². The molecule has 15 nitrogen and oxygen atoms in total. The van der Waals surface area contributed by atoms with Crippen molar-refractivity contribution >= 4 is 52.6 Å². The number of ether oxygens (including phenoxy) is 6. The Morgan fingerprint density at radius 2 is 1.84 bits per heavy atom. The number of hydrogen-bond donors (Lipinski definition) is 0. The summed E-state index contributed by atoms with van der Waals surface area (Å²) in [5.41, 5.74) is -2.11. The van der Waals surface area contributed by atoms with Gasteiger partial charge in [0.1, 0.15) is 17.9 Å². The zero-order valence-corrected chi connectivity index (χ0v) is 25.7. The first-order chi connectivity index (χ1) is 20.2. The third-order valence-electron chi connectivity index (χ3n) is 5.98. The molecule has 0 spiro atoms. The highest BCUT2D eigenvalue weighted by molar-refractivity contribution is 6.28. The number of fused-ring (bicyclic) bond motifs is 1. The molecule has 1 amide bonds. The zero-order chi connectivity index (χ0) is 32.1. The first-order valence-corrected chi connectivity index (χ1v) is 13.7. The summed E-state index contributed by atoms with van der Waals surface area (Å²) in [5.74, 6) is -0.114. The molecule has 2 aromatic heterocycles. The minimum atomic E-state index is -1.73. The SMILES string of the molecule is C#C[C@]1(OC(C)=O)C[C@H](n2cnc3c(N(C)C(=O)OC(C)(C)C)nc(Cl)nc32)O[C@@H]1COC(C(=O)OCC)C(=O)OCC. The van der Waals surface area contributed by atoms with Gasteiger partial charge in [-0.05, 0) is 46.2 Å². The van der Waals surface area contributed by atoms with E-state index < -0.39 is 60.2 Å². The number of esters is 3. The van der Waals surface area contributed by atoms with Gasteiger partial charge in [-0.2, -0.15) is 9.97 Å². The van der Waals surface area contributed by atoms with Crippen LogP contribution in [0.4, 0.5) is 10.6 Å². The summed E-state index contributed by atoms with van der Waals surface area (Å²) in [6.45, 7) is 8.97.